The van der Waals surface area contributed by atoms with Crippen molar-refractivity contribution in [2.24, 2.45) is 0 Å². The molecule has 0 radical (unpaired) electrons. The Labute approximate surface area is 100 Å². The van der Waals surface area contributed by atoms with Crippen molar-refractivity contribution in [3.63, 3.8) is 0 Å². The maximum absolute atomic E-state index is 11.7. The van der Waals surface area contributed by atoms with Gasteiger partial charge in [-0.1, -0.05) is 6.07 Å². The van der Waals surface area contributed by atoms with E-state index >= 15 is 0 Å². The van der Waals surface area contributed by atoms with Crippen molar-refractivity contribution >= 4 is 11.7 Å². The molecule has 1 heterocycles. The van der Waals surface area contributed by atoms with Crippen LogP contribution in [0.3, 0.4) is 0 Å². The van der Waals surface area contributed by atoms with Crippen LogP contribution in [-0.2, 0) is 0 Å². The monoisotopic (exact) mass is 235 g/mol. The van der Waals surface area contributed by atoms with E-state index in [0.717, 1.165) is 25.9 Å². The summed E-state index contributed by atoms with van der Waals surface area (Å²) in [7, 11) is 0. The summed E-state index contributed by atoms with van der Waals surface area (Å²) < 4.78 is 0. The first kappa shape index (κ1) is 11.7. The van der Waals surface area contributed by atoms with Crippen molar-refractivity contribution in [3.05, 3.63) is 24.3 Å². The van der Waals surface area contributed by atoms with Gasteiger partial charge >= 0.3 is 6.03 Å². The number of phenolic OH excluding ortho intramolecular Hbond substituents is 1. The Bertz CT molecular complexity index is 389. The van der Waals surface area contributed by atoms with Gasteiger partial charge in [-0.15, -0.1) is 0 Å². The van der Waals surface area contributed by atoms with Gasteiger partial charge in [0.1, 0.15) is 5.75 Å². The fourth-order valence-electron chi connectivity index (χ4n) is 1.91. The first-order valence-electron chi connectivity index (χ1n) is 5.81. The minimum absolute atomic E-state index is 0.141. The molecule has 1 unspecified atom stereocenters. The van der Waals surface area contributed by atoms with Crippen molar-refractivity contribution in [1.82, 2.24) is 10.6 Å². The molecule has 1 aromatic carbocycles. The number of nitrogens with one attached hydrogen (secondary N) is 3. The molecule has 1 aliphatic heterocycles. The average molecular weight is 235 g/mol. The lowest BCUT2D eigenvalue weighted by molar-refractivity contribution is 0.245. The van der Waals surface area contributed by atoms with Gasteiger partial charge in [-0.2, -0.15) is 0 Å². The highest BCUT2D eigenvalue weighted by Crippen LogP contribution is 2.15. The molecule has 0 bridgehead atoms. The molecule has 1 saturated heterocycles. The lowest BCUT2D eigenvalue weighted by Crippen LogP contribution is -2.47. The van der Waals surface area contributed by atoms with Gasteiger partial charge in [-0.25, -0.2) is 4.79 Å². The summed E-state index contributed by atoms with van der Waals surface area (Å²) in [6, 6.07) is 6.45. The number of urea groups is 1. The fourth-order valence-corrected chi connectivity index (χ4v) is 1.91. The van der Waals surface area contributed by atoms with Gasteiger partial charge in [-0.3, -0.25) is 0 Å². The van der Waals surface area contributed by atoms with Crippen LogP contribution in [0.1, 0.15) is 12.8 Å². The number of aromatic hydroxyl groups is 1. The summed E-state index contributed by atoms with van der Waals surface area (Å²) >= 11 is 0. The van der Waals surface area contributed by atoms with Gasteiger partial charge in [0.2, 0.25) is 0 Å². The van der Waals surface area contributed by atoms with Crippen molar-refractivity contribution < 1.29 is 9.90 Å². The number of piperidine rings is 1. The zero-order valence-electron chi connectivity index (χ0n) is 9.57. The molecule has 0 aromatic heterocycles. The van der Waals surface area contributed by atoms with Gasteiger partial charge in [0.05, 0.1) is 0 Å². The number of hydrogen-bond acceptors (Lipinski definition) is 3. The lowest BCUT2D eigenvalue weighted by Gasteiger charge is -2.23. The van der Waals surface area contributed by atoms with E-state index in [9.17, 15) is 9.90 Å². The van der Waals surface area contributed by atoms with E-state index in [1.54, 1.807) is 18.2 Å². The largest absolute Gasteiger partial charge is 0.508 e. The Hall–Kier alpha value is -1.75. The second kappa shape index (κ2) is 5.54. The molecule has 5 heteroatoms. The summed E-state index contributed by atoms with van der Waals surface area (Å²) in [5.41, 5.74) is 0.589. The summed E-state index contributed by atoms with van der Waals surface area (Å²) in [6.45, 7) is 1.83. The number of amides is 2. The number of hydrogen-bond donors (Lipinski definition) is 4. The van der Waals surface area contributed by atoms with E-state index < -0.39 is 0 Å². The number of rotatable bonds is 2. The van der Waals surface area contributed by atoms with E-state index in [0.29, 0.717) is 5.69 Å². The molecule has 0 aliphatic carbocycles. The summed E-state index contributed by atoms with van der Waals surface area (Å²) in [4.78, 5) is 11.7. The summed E-state index contributed by atoms with van der Waals surface area (Å²) in [5, 5.41) is 18.1. The molecule has 1 aliphatic rings. The van der Waals surface area contributed by atoms with Crippen LogP contribution in [0.5, 0.6) is 5.75 Å². The SMILES string of the molecule is O=C(Nc1cccc(O)c1)NC1CCCNC1. The Morgan fingerprint density at radius 1 is 1.47 bits per heavy atom. The molecular formula is C12H17N3O2. The number of carbonyl (C=O) groups is 1. The topological polar surface area (TPSA) is 73.4 Å². The van der Waals surface area contributed by atoms with Gasteiger partial charge in [-0.05, 0) is 31.5 Å². The first-order valence-corrected chi connectivity index (χ1v) is 5.81. The molecule has 1 aromatic rings. The molecule has 4 N–H and O–H groups in total. The van der Waals surface area contributed by atoms with Crippen LogP contribution in [0.15, 0.2) is 24.3 Å². The molecule has 2 rings (SSSR count). The third-order valence-electron chi connectivity index (χ3n) is 2.74. The maximum atomic E-state index is 11.7. The smallest absolute Gasteiger partial charge is 0.319 e. The van der Waals surface area contributed by atoms with Crippen molar-refractivity contribution in [2.45, 2.75) is 18.9 Å². The van der Waals surface area contributed by atoms with Crippen LogP contribution in [0, 0.1) is 0 Å². The number of anilines is 1. The normalized spacial score (nSPS) is 19.6. The number of carbonyl (C=O) groups excluding carboxylic acids is 1. The van der Waals surface area contributed by atoms with E-state index in [1.807, 2.05) is 0 Å². The second-order valence-electron chi connectivity index (χ2n) is 4.19. The van der Waals surface area contributed by atoms with Crippen LogP contribution in [-0.4, -0.2) is 30.3 Å². The number of benzene rings is 1. The highest BCUT2D eigenvalue weighted by Gasteiger charge is 2.14. The Kier molecular flexibility index (Phi) is 3.82. The quantitative estimate of drug-likeness (QED) is 0.623. The molecule has 2 amide bonds. The average Bonchev–Trinajstić information content (AvgIpc) is 2.30. The maximum Gasteiger partial charge on any atom is 0.319 e. The highest BCUT2D eigenvalue weighted by molar-refractivity contribution is 5.89. The molecule has 17 heavy (non-hydrogen) atoms. The third-order valence-corrected chi connectivity index (χ3v) is 2.74. The Balaban J connectivity index is 1.84. The first-order chi connectivity index (χ1) is 8.24. The standard InChI is InChI=1S/C12H17N3O2/c16-11-5-1-3-9(7-11)14-12(17)15-10-4-2-6-13-8-10/h1,3,5,7,10,13,16H,2,4,6,8H2,(H2,14,15,17). The van der Waals surface area contributed by atoms with Crippen molar-refractivity contribution in [1.29, 1.82) is 0 Å². The fraction of sp³-hybridized carbons (Fsp3) is 0.417. The van der Waals surface area contributed by atoms with Crippen LogP contribution >= 0.6 is 0 Å². The Morgan fingerprint density at radius 3 is 3.06 bits per heavy atom. The van der Waals surface area contributed by atoms with Gasteiger partial charge in [0.25, 0.3) is 0 Å². The predicted molar refractivity (Wildman–Crippen MR) is 66.2 cm³/mol. The molecule has 0 spiro atoms. The van der Waals surface area contributed by atoms with Crippen molar-refractivity contribution in [2.75, 3.05) is 18.4 Å². The predicted octanol–water partition coefficient (Wildman–Crippen LogP) is 1.27. The van der Waals surface area contributed by atoms with Gasteiger partial charge in [0.15, 0.2) is 0 Å². The summed E-state index contributed by atoms with van der Waals surface area (Å²) in [5.74, 6) is 0.141. The van der Waals surface area contributed by atoms with Crippen LogP contribution in [0.25, 0.3) is 0 Å². The minimum Gasteiger partial charge on any atom is -0.508 e. The van der Waals surface area contributed by atoms with Crippen LogP contribution in [0.2, 0.25) is 0 Å². The van der Waals surface area contributed by atoms with E-state index in [-0.39, 0.29) is 17.8 Å². The molecule has 92 valence electrons. The zero-order chi connectivity index (χ0) is 12.1. The van der Waals surface area contributed by atoms with Gasteiger partial charge < -0.3 is 21.1 Å². The minimum atomic E-state index is -0.232. The molecule has 1 atom stereocenters. The molecule has 5 nitrogen and oxygen atoms in total. The third kappa shape index (κ3) is 3.64. The Morgan fingerprint density at radius 2 is 2.35 bits per heavy atom. The van der Waals surface area contributed by atoms with E-state index in [2.05, 4.69) is 16.0 Å². The van der Waals surface area contributed by atoms with Gasteiger partial charge in [0, 0.05) is 24.3 Å². The highest BCUT2D eigenvalue weighted by atomic mass is 16.3. The van der Waals surface area contributed by atoms with Crippen molar-refractivity contribution in [3.8, 4) is 5.75 Å². The zero-order valence-corrected chi connectivity index (χ0v) is 9.57. The molecule has 1 fully saturated rings. The second-order valence-corrected chi connectivity index (χ2v) is 4.19. The van der Waals surface area contributed by atoms with E-state index in [1.165, 1.54) is 6.07 Å². The van der Waals surface area contributed by atoms with E-state index in [4.69, 9.17) is 0 Å². The summed E-state index contributed by atoms with van der Waals surface area (Å²) in [6.07, 6.45) is 2.08. The molecule has 0 saturated carbocycles. The number of phenols is 1. The van der Waals surface area contributed by atoms with Crippen LogP contribution in [0.4, 0.5) is 10.5 Å². The van der Waals surface area contributed by atoms with Crippen LogP contribution < -0.4 is 16.0 Å². The molecular weight excluding hydrogens is 218 g/mol. The lowest BCUT2D eigenvalue weighted by atomic mass is 10.1.